The van der Waals surface area contributed by atoms with Gasteiger partial charge in [-0.25, -0.2) is 9.18 Å². The average molecular weight is 350 g/mol. The molecule has 0 aliphatic heterocycles. The van der Waals surface area contributed by atoms with Crippen molar-refractivity contribution in [3.63, 3.8) is 0 Å². The SMILES string of the molecule is NC(=O)COC(=O)c1ccc(Sc2ccc(F)cc2)c([N+](=O)[O-])c1. The fraction of sp³-hybridized carbons (Fsp3) is 0.0667. The summed E-state index contributed by atoms with van der Waals surface area (Å²) in [7, 11) is 0. The van der Waals surface area contributed by atoms with Gasteiger partial charge >= 0.3 is 5.97 Å². The molecule has 0 aliphatic rings. The molecule has 9 heteroatoms. The molecule has 2 N–H and O–H groups in total. The molecule has 0 fully saturated rings. The largest absolute Gasteiger partial charge is 0.452 e. The molecule has 124 valence electrons. The number of primary amides is 1. The summed E-state index contributed by atoms with van der Waals surface area (Å²) in [4.78, 5) is 33.8. The van der Waals surface area contributed by atoms with Gasteiger partial charge in [0.2, 0.25) is 0 Å². The van der Waals surface area contributed by atoms with Crippen molar-refractivity contribution in [2.75, 3.05) is 6.61 Å². The quantitative estimate of drug-likeness (QED) is 0.487. The summed E-state index contributed by atoms with van der Waals surface area (Å²) in [5.74, 6) is -2.14. The summed E-state index contributed by atoms with van der Waals surface area (Å²) in [6.07, 6.45) is 0. The van der Waals surface area contributed by atoms with Gasteiger partial charge in [0.25, 0.3) is 11.6 Å². The van der Waals surface area contributed by atoms with E-state index in [1.165, 1.54) is 36.4 Å². The Morgan fingerprint density at radius 1 is 1.21 bits per heavy atom. The van der Waals surface area contributed by atoms with Gasteiger partial charge in [0.05, 0.1) is 15.4 Å². The number of nitro benzene ring substituents is 1. The highest BCUT2D eigenvalue weighted by Gasteiger charge is 2.19. The van der Waals surface area contributed by atoms with Crippen LogP contribution in [0.2, 0.25) is 0 Å². The summed E-state index contributed by atoms with van der Waals surface area (Å²) in [5.41, 5.74) is 4.48. The fourth-order valence-corrected chi connectivity index (χ4v) is 2.62. The predicted molar refractivity (Wildman–Crippen MR) is 83.1 cm³/mol. The van der Waals surface area contributed by atoms with E-state index in [1.54, 1.807) is 0 Å². The molecule has 1 amide bonds. The van der Waals surface area contributed by atoms with Crippen LogP contribution in [0.3, 0.4) is 0 Å². The maximum Gasteiger partial charge on any atom is 0.338 e. The molecule has 7 nitrogen and oxygen atoms in total. The van der Waals surface area contributed by atoms with E-state index < -0.39 is 29.2 Å². The smallest absolute Gasteiger partial charge is 0.338 e. The van der Waals surface area contributed by atoms with Crippen LogP contribution in [0, 0.1) is 15.9 Å². The molecule has 0 radical (unpaired) electrons. The van der Waals surface area contributed by atoms with Crippen LogP contribution in [0.15, 0.2) is 52.3 Å². The van der Waals surface area contributed by atoms with Gasteiger partial charge in [-0.3, -0.25) is 14.9 Å². The molecule has 24 heavy (non-hydrogen) atoms. The monoisotopic (exact) mass is 350 g/mol. The Morgan fingerprint density at radius 2 is 1.88 bits per heavy atom. The van der Waals surface area contributed by atoms with Crippen LogP contribution >= 0.6 is 11.8 Å². The second-order valence-corrected chi connectivity index (χ2v) is 5.65. The summed E-state index contributed by atoms with van der Waals surface area (Å²) in [5, 5.41) is 11.2. The zero-order valence-corrected chi connectivity index (χ0v) is 12.9. The zero-order valence-electron chi connectivity index (χ0n) is 12.1. The number of halogens is 1. The Bertz CT molecular complexity index is 795. The number of nitro groups is 1. The molecule has 0 unspecified atom stereocenters. The van der Waals surface area contributed by atoms with E-state index in [0.717, 1.165) is 17.8 Å². The topological polar surface area (TPSA) is 113 Å². The van der Waals surface area contributed by atoms with E-state index in [4.69, 9.17) is 5.73 Å². The number of hydrogen-bond acceptors (Lipinski definition) is 6. The molecule has 0 heterocycles. The maximum atomic E-state index is 12.9. The first-order valence-corrected chi connectivity index (χ1v) is 7.36. The lowest BCUT2D eigenvalue weighted by molar-refractivity contribution is -0.387. The van der Waals surface area contributed by atoms with Crippen LogP contribution in [0.25, 0.3) is 0 Å². The number of esters is 1. The minimum Gasteiger partial charge on any atom is -0.452 e. The summed E-state index contributed by atoms with van der Waals surface area (Å²) in [6, 6.07) is 9.22. The van der Waals surface area contributed by atoms with Crippen molar-refractivity contribution >= 4 is 29.3 Å². The fourth-order valence-electron chi connectivity index (χ4n) is 1.72. The van der Waals surface area contributed by atoms with E-state index in [1.807, 2.05) is 0 Å². The molecule has 0 saturated heterocycles. The number of ether oxygens (including phenoxy) is 1. The third-order valence-corrected chi connectivity index (χ3v) is 3.85. The third-order valence-electron chi connectivity index (χ3n) is 2.78. The van der Waals surface area contributed by atoms with E-state index in [-0.39, 0.29) is 16.1 Å². The molecule has 2 rings (SSSR count). The van der Waals surface area contributed by atoms with Crippen molar-refractivity contribution in [2.45, 2.75) is 9.79 Å². The summed E-state index contributed by atoms with van der Waals surface area (Å²) < 4.78 is 17.5. The maximum absolute atomic E-state index is 12.9. The molecule has 0 aliphatic carbocycles. The Kier molecular flexibility index (Phi) is 5.48. The van der Waals surface area contributed by atoms with Gasteiger partial charge < -0.3 is 10.5 Å². The first-order chi connectivity index (χ1) is 11.4. The van der Waals surface area contributed by atoms with Gasteiger partial charge in [0, 0.05) is 11.0 Å². The number of carbonyl (C=O) groups excluding carboxylic acids is 2. The van der Waals surface area contributed by atoms with Gasteiger partial charge in [-0.15, -0.1) is 0 Å². The molecular formula is C15H11FN2O5S. The third kappa shape index (κ3) is 4.53. The van der Waals surface area contributed by atoms with Crippen LogP contribution < -0.4 is 5.73 Å². The van der Waals surface area contributed by atoms with Gasteiger partial charge in [-0.05, 0) is 36.4 Å². The lowest BCUT2D eigenvalue weighted by Gasteiger charge is -2.06. The molecular weight excluding hydrogens is 339 g/mol. The molecule has 0 aromatic heterocycles. The van der Waals surface area contributed by atoms with E-state index in [9.17, 15) is 24.1 Å². The van der Waals surface area contributed by atoms with Crippen LogP contribution in [0.4, 0.5) is 10.1 Å². The minimum absolute atomic E-state index is 0.0774. The lowest BCUT2D eigenvalue weighted by Crippen LogP contribution is -2.20. The molecule has 2 aromatic rings. The highest BCUT2D eigenvalue weighted by Crippen LogP contribution is 2.35. The Morgan fingerprint density at radius 3 is 2.46 bits per heavy atom. The second-order valence-electron chi connectivity index (χ2n) is 4.54. The number of nitrogens with zero attached hydrogens (tertiary/aromatic N) is 1. The number of rotatable bonds is 6. The highest BCUT2D eigenvalue weighted by atomic mass is 32.2. The lowest BCUT2D eigenvalue weighted by atomic mass is 10.2. The van der Waals surface area contributed by atoms with Crippen molar-refractivity contribution in [3.8, 4) is 0 Å². The van der Waals surface area contributed by atoms with Crippen LogP contribution in [0.5, 0.6) is 0 Å². The highest BCUT2D eigenvalue weighted by molar-refractivity contribution is 7.99. The van der Waals surface area contributed by atoms with Crippen molar-refractivity contribution < 1.29 is 23.6 Å². The van der Waals surface area contributed by atoms with Crippen molar-refractivity contribution in [1.29, 1.82) is 0 Å². The Balaban J connectivity index is 2.26. The molecule has 0 atom stereocenters. The van der Waals surface area contributed by atoms with Gasteiger partial charge in [0.1, 0.15) is 5.82 Å². The summed E-state index contributed by atoms with van der Waals surface area (Å²) in [6.45, 7) is -0.612. The normalized spacial score (nSPS) is 10.2. The van der Waals surface area contributed by atoms with Crippen molar-refractivity contribution in [2.24, 2.45) is 5.73 Å². The molecule has 0 bridgehead atoms. The molecule has 0 saturated carbocycles. The van der Waals surface area contributed by atoms with Crippen LogP contribution in [0.1, 0.15) is 10.4 Å². The standard InChI is InChI=1S/C15H11FN2O5S/c16-10-2-4-11(5-3-10)24-13-6-1-9(7-12(13)18(21)22)15(20)23-8-14(17)19/h1-7H,8H2,(H2,17,19). The first-order valence-electron chi connectivity index (χ1n) is 6.54. The number of hydrogen-bond donors (Lipinski definition) is 1. The second kappa shape index (κ2) is 7.55. The van der Waals surface area contributed by atoms with Gasteiger partial charge in [0.15, 0.2) is 6.61 Å². The van der Waals surface area contributed by atoms with Crippen LogP contribution in [-0.2, 0) is 9.53 Å². The van der Waals surface area contributed by atoms with E-state index in [2.05, 4.69) is 4.74 Å². The first kappa shape index (κ1) is 17.4. The summed E-state index contributed by atoms with van der Waals surface area (Å²) >= 11 is 1.06. The van der Waals surface area contributed by atoms with E-state index >= 15 is 0 Å². The number of benzene rings is 2. The van der Waals surface area contributed by atoms with Crippen molar-refractivity contribution in [3.05, 3.63) is 64.0 Å². The Labute approximate surface area is 139 Å². The molecule has 0 spiro atoms. The number of nitrogens with two attached hydrogens (primary N) is 1. The van der Waals surface area contributed by atoms with Gasteiger partial charge in [-0.1, -0.05) is 11.8 Å². The molecule has 2 aromatic carbocycles. The van der Waals surface area contributed by atoms with Gasteiger partial charge in [-0.2, -0.15) is 0 Å². The zero-order chi connectivity index (χ0) is 17.7. The number of carbonyl (C=O) groups is 2. The van der Waals surface area contributed by atoms with E-state index in [0.29, 0.717) is 4.90 Å². The van der Waals surface area contributed by atoms with Crippen LogP contribution in [-0.4, -0.2) is 23.4 Å². The average Bonchev–Trinajstić information content (AvgIpc) is 2.54. The minimum atomic E-state index is -0.893. The number of amides is 1. The predicted octanol–water partition coefficient (Wildman–Crippen LogP) is 2.53. The van der Waals surface area contributed by atoms with Crippen molar-refractivity contribution in [1.82, 2.24) is 0 Å². The Hall–Kier alpha value is -2.94.